The highest BCUT2D eigenvalue weighted by Crippen LogP contribution is 2.53. The molecule has 1 saturated carbocycles. The van der Waals surface area contributed by atoms with Gasteiger partial charge in [-0.05, 0) is 81.3 Å². The predicted octanol–water partition coefficient (Wildman–Crippen LogP) is 3.99. The van der Waals surface area contributed by atoms with Gasteiger partial charge in [0.2, 0.25) is 0 Å². The maximum absolute atomic E-state index is 6.36. The van der Waals surface area contributed by atoms with Crippen LogP contribution in [0, 0.1) is 11.8 Å². The van der Waals surface area contributed by atoms with E-state index in [1.165, 1.54) is 82.3 Å². The van der Waals surface area contributed by atoms with Crippen LogP contribution in [-0.4, -0.2) is 35.8 Å². The van der Waals surface area contributed by atoms with Crippen molar-refractivity contribution in [3.8, 4) is 0 Å². The molecule has 1 spiro atoms. The molecule has 2 unspecified atom stereocenters. The molecule has 0 aromatic heterocycles. The summed E-state index contributed by atoms with van der Waals surface area (Å²) >= 11 is 2.12. The van der Waals surface area contributed by atoms with Crippen molar-refractivity contribution in [1.82, 2.24) is 5.32 Å². The summed E-state index contributed by atoms with van der Waals surface area (Å²) in [6.45, 7) is 2.28. The van der Waals surface area contributed by atoms with E-state index in [0.717, 1.165) is 18.4 Å². The normalized spacial score (nSPS) is 40.9. The maximum atomic E-state index is 6.36. The summed E-state index contributed by atoms with van der Waals surface area (Å²) in [4.78, 5) is 0. The molecule has 0 bridgehead atoms. The second kappa shape index (κ2) is 6.05. The number of ether oxygens (including phenoxy) is 1. The molecule has 4 fully saturated rings. The van der Waals surface area contributed by atoms with Gasteiger partial charge in [-0.3, -0.25) is 0 Å². The Balaban J connectivity index is 1.54. The molecule has 120 valence electrons. The van der Waals surface area contributed by atoms with Gasteiger partial charge in [0.15, 0.2) is 0 Å². The minimum atomic E-state index is 0.254. The zero-order valence-corrected chi connectivity index (χ0v) is 14.2. The average Bonchev–Trinajstić information content (AvgIpc) is 3.35. The summed E-state index contributed by atoms with van der Waals surface area (Å²) in [6, 6.07) is 0. The Morgan fingerprint density at radius 1 is 0.905 bits per heavy atom. The first-order valence-corrected chi connectivity index (χ1v) is 10.5. The second-order valence-corrected chi connectivity index (χ2v) is 9.11. The zero-order chi connectivity index (χ0) is 14.2. The van der Waals surface area contributed by atoms with Crippen molar-refractivity contribution in [3.05, 3.63) is 0 Å². The molecule has 4 aliphatic rings. The fraction of sp³-hybridized carbons (Fsp3) is 1.00. The van der Waals surface area contributed by atoms with Gasteiger partial charge in [0, 0.05) is 12.1 Å². The average molecular weight is 310 g/mol. The first-order chi connectivity index (χ1) is 10.3. The largest absolute Gasteiger partial charge is 0.375 e. The van der Waals surface area contributed by atoms with E-state index in [4.69, 9.17) is 4.74 Å². The van der Waals surface area contributed by atoms with Crippen molar-refractivity contribution in [3.63, 3.8) is 0 Å². The SMILES string of the molecule is C1CCNC(C2CC2)(C2CCOC3(CCSCC3)C2)CC1. The Morgan fingerprint density at radius 2 is 1.76 bits per heavy atom. The fourth-order valence-corrected chi connectivity index (χ4v) is 6.55. The van der Waals surface area contributed by atoms with Crippen LogP contribution >= 0.6 is 11.8 Å². The Morgan fingerprint density at radius 3 is 2.57 bits per heavy atom. The first-order valence-electron chi connectivity index (χ1n) is 9.30. The van der Waals surface area contributed by atoms with E-state index in [1.54, 1.807) is 0 Å². The van der Waals surface area contributed by atoms with Gasteiger partial charge in [0.05, 0.1) is 5.60 Å². The zero-order valence-electron chi connectivity index (χ0n) is 13.4. The molecule has 3 aliphatic heterocycles. The van der Waals surface area contributed by atoms with Gasteiger partial charge < -0.3 is 10.1 Å². The Hall–Kier alpha value is 0.270. The molecule has 4 rings (SSSR count). The van der Waals surface area contributed by atoms with E-state index < -0.39 is 0 Å². The van der Waals surface area contributed by atoms with Gasteiger partial charge in [-0.15, -0.1) is 0 Å². The molecule has 0 aromatic carbocycles. The molecule has 1 aliphatic carbocycles. The standard InChI is InChI=1S/C18H31NOS/c1-2-7-18(15-4-5-15,19-10-3-1)16-6-11-20-17(14-16)8-12-21-13-9-17/h15-16,19H,1-14H2. The second-order valence-electron chi connectivity index (χ2n) is 7.89. The summed E-state index contributed by atoms with van der Waals surface area (Å²) in [5.74, 6) is 4.49. The maximum Gasteiger partial charge on any atom is 0.0701 e. The molecule has 0 amide bonds. The lowest BCUT2D eigenvalue weighted by atomic mass is 9.68. The molecule has 3 saturated heterocycles. The number of hydrogen-bond acceptors (Lipinski definition) is 3. The molecule has 21 heavy (non-hydrogen) atoms. The van der Waals surface area contributed by atoms with E-state index in [2.05, 4.69) is 17.1 Å². The molecule has 0 radical (unpaired) electrons. The van der Waals surface area contributed by atoms with Crippen LogP contribution in [-0.2, 0) is 4.74 Å². The predicted molar refractivity (Wildman–Crippen MR) is 89.9 cm³/mol. The van der Waals surface area contributed by atoms with E-state index in [0.29, 0.717) is 5.54 Å². The molecule has 2 atom stereocenters. The van der Waals surface area contributed by atoms with Crippen LogP contribution in [0.4, 0.5) is 0 Å². The number of thioether (sulfide) groups is 1. The lowest BCUT2D eigenvalue weighted by Crippen LogP contribution is -2.57. The van der Waals surface area contributed by atoms with Gasteiger partial charge in [-0.25, -0.2) is 0 Å². The Kier molecular flexibility index (Phi) is 4.27. The summed E-state index contributed by atoms with van der Waals surface area (Å²) < 4.78 is 6.36. The molecular formula is C18H31NOS. The monoisotopic (exact) mass is 309 g/mol. The quantitative estimate of drug-likeness (QED) is 0.833. The van der Waals surface area contributed by atoms with Crippen LogP contribution in [0.25, 0.3) is 0 Å². The van der Waals surface area contributed by atoms with Crippen molar-refractivity contribution >= 4 is 11.8 Å². The van der Waals surface area contributed by atoms with Crippen LogP contribution in [0.1, 0.15) is 64.2 Å². The van der Waals surface area contributed by atoms with Crippen LogP contribution in [0.15, 0.2) is 0 Å². The third kappa shape index (κ3) is 2.90. The summed E-state index contributed by atoms with van der Waals surface area (Å²) in [6.07, 6.45) is 13.9. The van der Waals surface area contributed by atoms with Crippen molar-refractivity contribution in [2.75, 3.05) is 24.7 Å². The molecule has 1 N–H and O–H groups in total. The van der Waals surface area contributed by atoms with E-state index in [1.807, 2.05) is 0 Å². The van der Waals surface area contributed by atoms with Crippen LogP contribution < -0.4 is 5.32 Å². The highest BCUT2D eigenvalue weighted by molar-refractivity contribution is 7.99. The van der Waals surface area contributed by atoms with E-state index in [9.17, 15) is 0 Å². The van der Waals surface area contributed by atoms with Crippen LogP contribution in [0.5, 0.6) is 0 Å². The summed E-state index contributed by atoms with van der Waals surface area (Å²) in [7, 11) is 0. The lowest BCUT2D eigenvalue weighted by Gasteiger charge is -2.50. The third-order valence-electron chi connectivity index (χ3n) is 6.65. The Bertz CT molecular complexity index is 349. The minimum Gasteiger partial charge on any atom is -0.375 e. The topological polar surface area (TPSA) is 21.3 Å². The third-order valence-corrected chi connectivity index (χ3v) is 7.64. The molecular weight excluding hydrogens is 278 g/mol. The highest BCUT2D eigenvalue weighted by atomic mass is 32.2. The van der Waals surface area contributed by atoms with Gasteiger partial charge in [-0.2, -0.15) is 11.8 Å². The number of rotatable bonds is 2. The fourth-order valence-electron chi connectivity index (χ4n) is 5.32. The lowest BCUT2D eigenvalue weighted by molar-refractivity contribution is -0.119. The van der Waals surface area contributed by atoms with Gasteiger partial charge in [-0.1, -0.05) is 12.8 Å². The molecule has 3 heteroatoms. The van der Waals surface area contributed by atoms with E-state index >= 15 is 0 Å². The van der Waals surface area contributed by atoms with E-state index in [-0.39, 0.29) is 5.60 Å². The van der Waals surface area contributed by atoms with Crippen molar-refractivity contribution in [2.45, 2.75) is 75.3 Å². The van der Waals surface area contributed by atoms with Crippen LogP contribution in [0.2, 0.25) is 0 Å². The number of nitrogens with one attached hydrogen (secondary N) is 1. The van der Waals surface area contributed by atoms with Crippen molar-refractivity contribution < 1.29 is 4.74 Å². The first kappa shape index (κ1) is 14.8. The molecule has 2 nitrogen and oxygen atoms in total. The smallest absolute Gasteiger partial charge is 0.0701 e. The van der Waals surface area contributed by atoms with Gasteiger partial charge >= 0.3 is 0 Å². The highest BCUT2D eigenvalue weighted by Gasteiger charge is 2.53. The molecule has 3 heterocycles. The van der Waals surface area contributed by atoms with Gasteiger partial charge in [0.25, 0.3) is 0 Å². The summed E-state index contributed by atoms with van der Waals surface area (Å²) in [5, 5.41) is 4.09. The molecule has 0 aromatic rings. The minimum absolute atomic E-state index is 0.254. The Labute approximate surface area is 134 Å². The van der Waals surface area contributed by atoms with Crippen molar-refractivity contribution in [2.24, 2.45) is 11.8 Å². The van der Waals surface area contributed by atoms with Gasteiger partial charge in [0.1, 0.15) is 0 Å². The van der Waals surface area contributed by atoms with Crippen molar-refractivity contribution in [1.29, 1.82) is 0 Å². The summed E-state index contributed by atoms with van der Waals surface area (Å²) in [5.41, 5.74) is 0.738. The number of hydrogen-bond donors (Lipinski definition) is 1. The van der Waals surface area contributed by atoms with Crippen LogP contribution in [0.3, 0.4) is 0 Å².